The molecule has 1 amide bonds. The van der Waals surface area contributed by atoms with Gasteiger partial charge in [0.05, 0.1) is 10.3 Å². The third kappa shape index (κ3) is 3.64. The predicted molar refractivity (Wildman–Crippen MR) is 105 cm³/mol. The molecule has 0 bridgehead atoms. The number of aryl methyl sites for hydroxylation is 1. The molecule has 5 nitrogen and oxygen atoms in total. The van der Waals surface area contributed by atoms with Crippen LogP contribution in [0.5, 0.6) is 0 Å². The van der Waals surface area contributed by atoms with E-state index in [-0.39, 0.29) is 11.9 Å². The molecule has 0 radical (unpaired) electrons. The second kappa shape index (κ2) is 7.68. The van der Waals surface area contributed by atoms with Crippen LogP contribution in [0.25, 0.3) is 10.2 Å². The van der Waals surface area contributed by atoms with Gasteiger partial charge in [-0.05, 0) is 38.7 Å². The van der Waals surface area contributed by atoms with E-state index in [0.29, 0.717) is 6.04 Å². The number of nitrogens with zero attached hydrogens (tertiary/aromatic N) is 3. The van der Waals surface area contributed by atoms with Gasteiger partial charge in [0, 0.05) is 19.1 Å². The van der Waals surface area contributed by atoms with E-state index in [0.717, 1.165) is 32.9 Å². The number of aromatic nitrogens is 2. The monoisotopic (exact) mass is 360 g/mol. The average Bonchev–Trinajstić information content (AvgIpc) is 2.99. The maximum absolute atomic E-state index is 12.6. The number of hydrogen-bond donors (Lipinski definition) is 1. The quantitative estimate of drug-likeness (QED) is 0.864. The molecular weight excluding hydrogens is 332 g/mol. The van der Waals surface area contributed by atoms with Gasteiger partial charge in [-0.2, -0.15) is 0 Å². The summed E-state index contributed by atoms with van der Waals surface area (Å²) < 4.78 is 0. The normalized spacial score (nSPS) is 16.8. The summed E-state index contributed by atoms with van der Waals surface area (Å²) in [5.74, 6) is 0.967. The molecule has 6 heteroatoms. The van der Waals surface area contributed by atoms with E-state index in [9.17, 15) is 4.79 Å². The van der Waals surface area contributed by atoms with Gasteiger partial charge in [0.15, 0.2) is 0 Å². The van der Waals surface area contributed by atoms with Gasteiger partial charge < -0.3 is 10.2 Å². The number of amides is 1. The number of thiophene rings is 1. The van der Waals surface area contributed by atoms with Gasteiger partial charge in [-0.25, -0.2) is 9.97 Å². The fraction of sp³-hybridized carbons (Fsp3) is 0.632. The molecule has 1 aliphatic carbocycles. The first-order chi connectivity index (χ1) is 12.0. The van der Waals surface area contributed by atoms with Crippen LogP contribution < -0.4 is 10.2 Å². The summed E-state index contributed by atoms with van der Waals surface area (Å²) in [6.07, 6.45) is 8.89. The number of carbonyl (C=O) groups excluding carboxylic acids is 1. The van der Waals surface area contributed by atoms with E-state index in [1.165, 1.54) is 43.4 Å². The molecule has 2 aromatic rings. The van der Waals surface area contributed by atoms with Crippen molar-refractivity contribution < 1.29 is 4.79 Å². The Morgan fingerprint density at radius 1 is 1.36 bits per heavy atom. The van der Waals surface area contributed by atoms with Crippen LogP contribution in [0.4, 0.5) is 5.82 Å². The predicted octanol–water partition coefficient (Wildman–Crippen LogP) is 4.30. The Morgan fingerprint density at radius 3 is 2.76 bits per heavy atom. The molecule has 1 saturated carbocycles. The molecule has 136 valence electrons. The lowest BCUT2D eigenvalue weighted by molar-refractivity contribution is 0.0943. The van der Waals surface area contributed by atoms with E-state index in [4.69, 9.17) is 0 Å². The lowest BCUT2D eigenvalue weighted by Crippen LogP contribution is -2.34. The van der Waals surface area contributed by atoms with E-state index >= 15 is 0 Å². The Labute approximate surface area is 153 Å². The van der Waals surface area contributed by atoms with Gasteiger partial charge in [0.1, 0.15) is 17.0 Å². The zero-order valence-electron chi connectivity index (χ0n) is 15.6. The van der Waals surface area contributed by atoms with Crippen LogP contribution in [0, 0.1) is 6.92 Å². The third-order valence-corrected chi connectivity index (χ3v) is 6.56. The highest BCUT2D eigenvalue weighted by Crippen LogP contribution is 2.36. The summed E-state index contributed by atoms with van der Waals surface area (Å²) in [6, 6.07) is 0.705. The van der Waals surface area contributed by atoms with Crippen molar-refractivity contribution in [2.75, 3.05) is 11.9 Å². The standard InChI is InChI=1S/C19H28N4OS/c1-5-12(2)22-18(24)16-13(3)15-17(20-11-21-19(15)25-16)23(4)14-9-7-6-8-10-14/h11-12,14H,5-10H2,1-4H3,(H,22,24)/t12-/m1/s1. The number of anilines is 1. The molecule has 0 aromatic carbocycles. The number of hydrogen-bond acceptors (Lipinski definition) is 5. The number of nitrogens with one attached hydrogen (secondary N) is 1. The molecule has 0 saturated heterocycles. The number of rotatable bonds is 5. The van der Waals surface area contributed by atoms with Gasteiger partial charge >= 0.3 is 0 Å². The highest BCUT2D eigenvalue weighted by molar-refractivity contribution is 7.20. The Kier molecular flexibility index (Phi) is 5.57. The zero-order chi connectivity index (χ0) is 18.0. The Balaban J connectivity index is 1.96. The van der Waals surface area contributed by atoms with Crippen LogP contribution in [0.2, 0.25) is 0 Å². The molecule has 0 aliphatic heterocycles. The summed E-state index contributed by atoms with van der Waals surface area (Å²) in [4.78, 5) is 25.6. The van der Waals surface area contributed by atoms with Crippen molar-refractivity contribution >= 4 is 33.3 Å². The minimum Gasteiger partial charge on any atom is -0.356 e. The highest BCUT2D eigenvalue weighted by Gasteiger charge is 2.25. The van der Waals surface area contributed by atoms with Crippen molar-refractivity contribution in [2.24, 2.45) is 0 Å². The summed E-state index contributed by atoms with van der Waals surface area (Å²) in [6.45, 7) is 6.13. The lowest BCUT2D eigenvalue weighted by Gasteiger charge is -2.32. The van der Waals surface area contributed by atoms with Gasteiger partial charge in [0.25, 0.3) is 5.91 Å². The molecular formula is C19H28N4OS. The molecule has 3 rings (SSSR count). The van der Waals surface area contributed by atoms with Crippen LogP contribution in [0.1, 0.15) is 67.6 Å². The number of fused-ring (bicyclic) bond motifs is 1. The molecule has 1 aliphatic rings. The van der Waals surface area contributed by atoms with E-state index in [2.05, 4.69) is 34.2 Å². The SMILES string of the molecule is CC[C@@H](C)NC(=O)c1sc2ncnc(N(C)C3CCCCC3)c2c1C. The van der Waals surface area contributed by atoms with Gasteiger partial charge in [-0.15, -0.1) is 11.3 Å². The van der Waals surface area contributed by atoms with E-state index in [1.807, 2.05) is 13.8 Å². The Hall–Kier alpha value is -1.69. The van der Waals surface area contributed by atoms with Crippen molar-refractivity contribution in [3.05, 3.63) is 16.8 Å². The lowest BCUT2D eigenvalue weighted by atomic mass is 9.94. The van der Waals surface area contributed by atoms with Crippen LogP contribution >= 0.6 is 11.3 Å². The van der Waals surface area contributed by atoms with E-state index in [1.54, 1.807) is 6.33 Å². The smallest absolute Gasteiger partial charge is 0.261 e. The summed E-state index contributed by atoms with van der Waals surface area (Å²) >= 11 is 1.47. The molecule has 2 heterocycles. The van der Waals surface area contributed by atoms with Crippen LogP contribution in [0.15, 0.2) is 6.33 Å². The zero-order valence-corrected chi connectivity index (χ0v) is 16.4. The first-order valence-corrected chi connectivity index (χ1v) is 10.1. The first kappa shape index (κ1) is 18.1. The summed E-state index contributed by atoms with van der Waals surface area (Å²) in [7, 11) is 2.13. The minimum absolute atomic E-state index is 0.00104. The van der Waals surface area contributed by atoms with Crippen molar-refractivity contribution in [1.82, 2.24) is 15.3 Å². The maximum Gasteiger partial charge on any atom is 0.261 e. The molecule has 0 unspecified atom stereocenters. The van der Waals surface area contributed by atoms with Gasteiger partial charge in [-0.3, -0.25) is 4.79 Å². The molecule has 1 atom stereocenters. The van der Waals surface area contributed by atoms with E-state index < -0.39 is 0 Å². The molecule has 0 spiro atoms. The molecule has 2 aromatic heterocycles. The first-order valence-electron chi connectivity index (χ1n) is 9.30. The Bertz CT molecular complexity index is 751. The molecule has 1 N–H and O–H groups in total. The van der Waals surface area contributed by atoms with Gasteiger partial charge in [0.2, 0.25) is 0 Å². The maximum atomic E-state index is 12.6. The third-order valence-electron chi connectivity index (χ3n) is 5.36. The molecule has 1 fully saturated rings. The Morgan fingerprint density at radius 2 is 2.08 bits per heavy atom. The summed E-state index contributed by atoms with van der Waals surface area (Å²) in [5.41, 5.74) is 0.999. The topological polar surface area (TPSA) is 58.1 Å². The van der Waals surface area contributed by atoms with Crippen LogP contribution in [-0.4, -0.2) is 35.0 Å². The van der Waals surface area contributed by atoms with Crippen LogP contribution in [-0.2, 0) is 0 Å². The van der Waals surface area contributed by atoms with Crippen molar-refractivity contribution in [3.8, 4) is 0 Å². The van der Waals surface area contributed by atoms with Crippen molar-refractivity contribution in [1.29, 1.82) is 0 Å². The fourth-order valence-corrected chi connectivity index (χ4v) is 4.62. The molecule has 25 heavy (non-hydrogen) atoms. The average molecular weight is 361 g/mol. The largest absolute Gasteiger partial charge is 0.356 e. The second-order valence-corrected chi connectivity index (χ2v) is 8.12. The second-order valence-electron chi connectivity index (χ2n) is 7.12. The van der Waals surface area contributed by atoms with Crippen molar-refractivity contribution in [2.45, 2.75) is 71.4 Å². The number of carbonyl (C=O) groups is 1. The van der Waals surface area contributed by atoms with Gasteiger partial charge in [-0.1, -0.05) is 26.2 Å². The fourth-order valence-electron chi connectivity index (χ4n) is 3.57. The van der Waals surface area contributed by atoms with Crippen molar-refractivity contribution in [3.63, 3.8) is 0 Å². The van der Waals surface area contributed by atoms with Crippen LogP contribution in [0.3, 0.4) is 0 Å². The highest BCUT2D eigenvalue weighted by atomic mass is 32.1. The minimum atomic E-state index is 0.00104. The summed E-state index contributed by atoms with van der Waals surface area (Å²) in [5, 5.41) is 4.11.